The predicted octanol–water partition coefficient (Wildman–Crippen LogP) is 5.27. The summed E-state index contributed by atoms with van der Waals surface area (Å²) in [6.07, 6.45) is 0. The highest BCUT2D eigenvalue weighted by Crippen LogP contribution is 2.41. The van der Waals surface area contributed by atoms with E-state index in [2.05, 4.69) is 5.16 Å². The maximum absolute atomic E-state index is 13.2. The third kappa shape index (κ3) is 5.01. The van der Waals surface area contributed by atoms with Crippen molar-refractivity contribution in [3.63, 3.8) is 0 Å². The average molecular weight is 465 g/mol. The summed E-state index contributed by atoms with van der Waals surface area (Å²) in [4.78, 5) is 15.6. The second-order valence-corrected chi connectivity index (χ2v) is 8.17. The standard InChI is InChI=1S/C25H24N2O5S/c1-29-21-12-18(13-22(30-2)24(21)31-3)20-14-19(26-32-20)16-27(15-17-8-5-4-6-9-17)25(28)23-10-7-11-33-23/h4-14H,15-16H2,1-3H3. The lowest BCUT2D eigenvalue weighted by atomic mass is 10.1. The average Bonchev–Trinajstić information content (AvgIpc) is 3.55. The van der Waals surface area contributed by atoms with Crippen molar-refractivity contribution >= 4 is 17.2 Å². The van der Waals surface area contributed by atoms with Crippen molar-refractivity contribution in [3.05, 3.63) is 82.2 Å². The van der Waals surface area contributed by atoms with Gasteiger partial charge in [-0.25, -0.2) is 0 Å². The topological polar surface area (TPSA) is 74.0 Å². The monoisotopic (exact) mass is 464 g/mol. The molecule has 0 spiro atoms. The van der Waals surface area contributed by atoms with Crippen LogP contribution < -0.4 is 14.2 Å². The summed E-state index contributed by atoms with van der Waals surface area (Å²) in [5.41, 5.74) is 2.40. The minimum absolute atomic E-state index is 0.0498. The molecule has 4 aromatic rings. The van der Waals surface area contributed by atoms with Crippen LogP contribution in [0.4, 0.5) is 0 Å². The normalized spacial score (nSPS) is 10.6. The van der Waals surface area contributed by atoms with E-state index in [0.717, 1.165) is 11.1 Å². The molecule has 4 rings (SSSR count). The molecule has 0 fully saturated rings. The predicted molar refractivity (Wildman–Crippen MR) is 126 cm³/mol. The Bertz CT molecular complexity index is 1180. The number of hydrogen-bond acceptors (Lipinski definition) is 7. The minimum Gasteiger partial charge on any atom is -0.493 e. The molecule has 0 saturated heterocycles. The fraction of sp³-hybridized carbons (Fsp3) is 0.200. The number of aromatic nitrogens is 1. The number of carbonyl (C=O) groups excluding carboxylic acids is 1. The summed E-state index contributed by atoms with van der Waals surface area (Å²) in [5.74, 6) is 2.02. The van der Waals surface area contributed by atoms with Crippen molar-refractivity contribution in [2.75, 3.05) is 21.3 Å². The molecule has 2 heterocycles. The molecule has 0 unspecified atom stereocenters. The molecule has 0 aliphatic heterocycles. The number of carbonyl (C=O) groups is 1. The first-order chi connectivity index (χ1) is 16.1. The number of rotatable bonds is 9. The van der Waals surface area contributed by atoms with Gasteiger partial charge in [0.15, 0.2) is 17.3 Å². The van der Waals surface area contributed by atoms with E-state index in [4.69, 9.17) is 18.7 Å². The van der Waals surface area contributed by atoms with Gasteiger partial charge in [-0.2, -0.15) is 0 Å². The van der Waals surface area contributed by atoms with Gasteiger partial charge in [0.2, 0.25) is 5.75 Å². The summed E-state index contributed by atoms with van der Waals surface area (Å²) >= 11 is 1.42. The number of benzene rings is 2. The third-order valence-corrected chi connectivity index (χ3v) is 5.95. The van der Waals surface area contributed by atoms with Gasteiger partial charge < -0.3 is 23.6 Å². The van der Waals surface area contributed by atoms with E-state index in [-0.39, 0.29) is 5.91 Å². The molecule has 0 bridgehead atoms. The van der Waals surface area contributed by atoms with Crippen LogP contribution in [0.15, 0.2) is 70.6 Å². The van der Waals surface area contributed by atoms with Crippen LogP contribution in [-0.4, -0.2) is 37.3 Å². The fourth-order valence-electron chi connectivity index (χ4n) is 3.50. The van der Waals surface area contributed by atoms with Crippen LogP contribution in [0.25, 0.3) is 11.3 Å². The molecule has 7 nitrogen and oxygen atoms in total. The summed E-state index contributed by atoms with van der Waals surface area (Å²) in [7, 11) is 4.67. The Morgan fingerprint density at radius 3 is 2.27 bits per heavy atom. The Hall–Kier alpha value is -3.78. The van der Waals surface area contributed by atoms with Crippen LogP contribution in [0.2, 0.25) is 0 Å². The first kappa shape index (κ1) is 22.4. The first-order valence-corrected chi connectivity index (χ1v) is 11.1. The Labute approximate surface area is 196 Å². The molecule has 2 aromatic heterocycles. The number of amides is 1. The lowest BCUT2D eigenvalue weighted by Gasteiger charge is -2.21. The quantitative estimate of drug-likeness (QED) is 0.336. The Kier molecular flexibility index (Phi) is 6.95. The van der Waals surface area contributed by atoms with Gasteiger partial charge in [-0.1, -0.05) is 41.6 Å². The highest BCUT2D eigenvalue weighted by atomic mass is 32.1. The van der Waals surface area contributed by atoms with Crippen molar-refractivity contribution in [1.29, 1.82) is 0 Å². The molecule has 0 radical (unpaired) electrons. The lowest BCUT2D eigenvalue weighted by Crippen LogP contribution is -2.29. The molecule has 33 heavy (non-hydrogen) atoms. The van der Waals surface area contributed by atoms with Gasteiger partial charge in [-0.3, -0.25) is 4.79 Å². The van der Waals surface area contributed by atoms with Crippen LogP contribution in [0.1, 0.15) is 20.9 Å². The van der Waals surface area contributed by atoms with Crippen molar-refractivity contribution in [1.82, 2.24) is 10.1 Å². The molecule has 0 saturated carbocycles. The van der Waals surface area contributed by atoms with E-state index in [1.807, 2.05) is 53.9 Å². The fourth-order valence-corrected chi connectivity index (χ4v) is 4.19. The van der Waals surface area contributed by atoms with E-state index in [1.54, 1.807) is 38.4 Å². The van der Waals surface area contributed by atoms with Crippen molar-refractivity contribution in [2.45, 2.75) is 13.1 Å². The minimum atomic E-state index is -0.0498. The van der Waals surface area contributed by atoms with Crippen LogP contribution in [-0.2, 0) is 13.1 Å². The molecular weight excluding hydrogens is 440 g/mol. The molecule has 0 aliphatic rings. The summed E-state index contributed by atoms with van der Waals surface area (Å²) in [5, 5.41) is 6.11. The van der Waals surface area contributed by atoms with Crippen molar-refractivity contribution in [3.8, 4) is 28.6 Å². The van der Waals surface area contributed by atoms with Crippen LogP contribution in [0.5, 0.6) is 17.2 Å². The van der Waals surface area contributed by atoms with Gasteiger partial charge in [0.05, 0.1) is 32.8 Å². The molecule has 170 valence electrons. The Balaban J connectivity index is 1.61. The molecule has 0 aliphatic carbocycles. The van der Waals surface area contributed by atoms with Gasteiger partial charge in [-0.05, 0) is 29.1 Å². The number of thiophene rings is 1. The largest absolute Gasteiger partial charge is 0.493 e. The van der Waals surface area contributed by atoms with Gasteiger partial charge in [0, 0.05) is 18.2 Å². The maximum atomic E-state index is 13.2. The number of ether oxygens (including phenoxy) is 3. The van der Waals surface area contributed by atoms with Crippen molar-refractivity contribution < 1.29 is 23.5 Å². The first-order valence-electron chi connectivity index (χ1n) is 10.3. The van der Waals surface area contributed by atoms with E-state index >= 15 is 0 Å². The second-order valence-electron chi connectivity index (χ2n) is 7.22. The van der Waals surface area contributed by atoms with Gasteiger partial charge in [0.1, 0.15) is 5.69 Å². The maximum Gasteiger partial charge on any atom is 0.264 e. The number of nitrogens with zero attached hydrogens (tertiary/aromatic N) is 2. The molecule has 0 N–H and O–H groups in total. The SMILES string of the molecule is COc1cc(-c2cc(CN(Cc3ccccc3)C(=O)c3cccs3)no2)cc(OC)c1OC. The van der Waals surface area contributed by atoms with Crippen LogP contribution in [0.3, 0.4) is 0 Å². The summed E-state index contributed by atoms with van der Waals surface area (Å²) < 4.78 is 21.9. The Morgan fingerprint density at radius 2 is 1.67 bits per heavy atom. The summed E-state index contributed by atoms with van der Waals surface area (Å²) in [6.45, 7) is 0.767. The highest BCUT2D eigenvalue weighted by molar-refractivity contribution is 7.12. The van der Waals surface area contributed by atoms with E-state index in [9.17, 15) is 4.79 Å². The highest BCUT2D eigenvalue weighted by Gasteiger charge is 2.21. The van der Waals surface area contributed by atoms with Crippen LogP contribution >= 0.6 is 11.3 Å². The summed E-state index contributed by atoms with van der Waals surface area (Å²) in [6, 6.07) is 19.0. The zero-order chi connectivity index (χ0) is 23.2. The molecular formula is C25H24N2O5S. The van der Waals surface area contributed by atoms with Gasteiger partial charge >= 0.3 is 0 Å². The molecule has 1 amide bonds. The van der Waals surface area contributed by atoms with Gasteiger partial charge in [0.25, 0.3) is 5.91 Å². The van der Waals surface area contributed by atoms with Gasteiger partial charge in [-0.15, -0.1) is 11.3 Å². The number of hydrogen-bond donors (Lipinski definition) is 0. The van der Waals surface area contributed by atoms with E-state index in [0.29, 0.717) is 46.7 Å². The Morgan fingerprint density at radius 1 is 0.939 bits per heavy atom. The zero-order valence-electron chi connectivity index (χ0n) is 18.6. The van der Waals surface area contributed by atoms with E-state index < -0.39 is 0 Å². The van der Waals surface area contributed by atoms with Crippen molar-refractivity contribution in [2.24, 2.45) is 0 Å². The zero-order valence-corrected chi connectivity index (χ0v) is 19.4. The van der Waals surface area contributed by atoms with E-state index in [1.165, 1.54) is 11.3 Å². The molecule has 0 atom stereocenters. The molecule has 8 heteroatoms. The molecule has 2 aromatic carbocycles. The second kappa shape index (κ2) is 10.2. The van der Waals surface area contributed by atoms with Crippen LogP contribution in [0, 0.1) is 0 Å². The lowest BCUT2D eigenvalue weighted by molar-refractivity contribution is 0.0731. The smallest absolute Gasteiger partial charge is 0.264 e. The number of methoxy groups -OCH3 is 3. The third-order valence-electron chi connectivity index (χ3n) is 5.10.